The summed E-state index contributed by atoms with van der Waals surface area (Å²) in [6.45, 7) is 7.66. The quantitative estimate of drug-likeness (QED) is 0.841. The van der Waals surface area contributed by atoms with E-state index in [1.807, 2.05) is 6.92 Å². The van der Waals surface area contributed by atoms with E-state index in [0.29, 0.717) is 5.41 Å². The average molecular weight is 301 g/mol. The van der Waals surface area contributed by atoms with Crippen LogP contribution in [0.2, 0.25) is 0 Å². The lowest BCUT2D eigenvalue weighted by Crippen LogP contribution is -2.47. The van der Waals surface area contributed by atoms with Gasteiger partial charge in [0.15, 0.2) is 0 Å². The highest BCUT2D eigenvalue weighted by atomic mass is 16.5. The van der Waals surface area contributed by atoms with Gasteiger partial charge in [-0.2, -0.15) is 0 Å². The van der Waals surface area contributed by atoms with Crippen molar-refractivity contribution in [3.05, 3.63) is 23.3 Å². The summed E-state index contributed by atoms with van der Waals surface area (Å²) in [6, 6.07) is 0. The Morgan fingerprint density at radius 2 is 2.18 bits per heavy atom. The summed E-state index contributed by atoms with van der Waals surface area (Å²) < 4.78 is 5.51. The molecule has 4 nitrogen and oxygen atoms in total. The van der Waals surface area contributed by atoms with Crippen LogP contribution in [0.25, 0.3) is 0 Å². The van der Waals surface area contributed by atoms with Crippen molar-refractivity contribution in [1.29, 1.82) is 0 Å². The number of fused-ring (bicyclic) bond motifs is 2. The molecule has 0 N–H and O–H groups in total. The number of nitrogens with zero attached hydrogens (tertiary/aromatic N) is 3. The molecule has 1 unspecified atom stereocenters. The zero-order valence-corrected chi connectivity index (χ0v) is 13.7. The molecule has 3 aliphatic rings. The smallest absolute Gasteiger partial charge is 0.125 e. The van der Waals surface area contributed by atoms with Crippen LogP contribution in [0.1, 0.15) is 49.2 Å². The summed E-state index contributed by atoms with van der Waals surface area (Å²) in [5.41, 5.74) is 3.09. The molecule has 22 heavy (non-hydrogen) atoms. The van der Waals surface area contributed by atoms with E-state index in [-0.39, 0.29) is 0 Å². The molecule has 0 radical (unpaired) electrons. The third-order valence-electron chi connectivity index (χ3n) is 5.87. The van der Waals surface area contributed by atoms with E-state index in [1.165, 1.54) is 69.4 Å². The molecule has 3 heterocycles. The molecule has 1 spiro atoms. The summed E-state index contributed by atoms with van der Waals surface area (Å²) in [5.74, 6) is 1.76. The van der Waals surface area contributed by atoms with Crippen LogP contribution in [0, 0.1) is 12.8 Å². The maximum atomic E-state index is 5.51. The van der Waals surface area contributed by atoms with Crippen molar-refractivity contribution in [2.75, 3.05) is 32.8 Å². The van der Waals surface area contributed by atoms with Crippen molar-refractivity contribution in [2.24, 2.45) is 5.92 Å². The van der Waals surface area contributed by atoms with Gasteiger partial charge in [-0.3, -0.25) is 0 Å². The topological polar surface area (TPSA) is 38.2 Å². The maximum Gasteiger partial charge on any atom is 0.125 e. The molecule has 4 rings (SSSR count). The van der Waals surface area contributed by atoms with E-state index in [4.69, 9.17) is 9.72 Å². The van der Waals surface area contributed by atoms with Crippen LogP contribution in [0.5, 0.6) is 0 Å². The van der Waals surface area contributed by atoms with Gasteiger partial charge in [-0.1, -0.05) is 0 Å². The number of hydrogen-bond acceptors (Lipinski definition) is 4. The Labute approximate surface area is 133 Å². The fraction of sp³-hybridized carbons (Fsp3) is 0.778. The molecule has 2 aliphatic heterocycles. The standard InChI is InChI=1S/C18H27N3O/c1-14-19-11-16-3-7-18(17(16)20-14)6-2-8-21(13-18)12-15-4-9-22-10-5-15/h11,15H,2-10,12-13H2,1H3. The van der Waals surface area contributed by atoms with Gasteiger partial charge in [0.25, 0.3) is 0 Å². The second kappa shape index (κ2) is 5.89. The first-order valence-electron chi connectivity index (χ1n) is 8.88. The van der Waals surface area contributed by atoms with Gasteiger partial charge in [0, 0.05) is 37.9 Å². The van der Waals surface area contributed by atoms with Gasteiger partial charge in [0.05, 0.1) is 5.69 Å². The second-order valence-corrected chi connectivity index (χ2v) is 7.47. The zero-order chi connectivity index (χ0) is 15.0. The Balaban J connectivity index is 1.50. The highest BCUT2D eigenvalue weighted by Gasteiger charge is 2.43. The first-order valence-corrected chi connectivity index (χ1v) is 8.88. The Hall–Kier alpha value is -1.00. The minimum absolute atomic E-state index is 0.312. The largest absolute Gasteiger partial charge is 0.381 e. The van der Waals surface area contributed by atoms with Crippen molar-refractivity contribution in [3.8, 4) is 0 Å². The van der Waals surface area contributed by atoms with Gasteiger partial charge in [0.1, 0.15) is 5.82 Å². The fourth-order valence-corrected chi connectivity index (χ4v) is 4.70. The van der Waals surface area contributed by atoms with Crippen molar-refractivity contribution in [2.45, 2.75) is 50.9 Å². The van der Waals surface area contributed by atoms with Gasteiger partial charge >= 0.3 is 0 Å². The van der Waals surface area contributed by atoms with Crippen LogP contribution in [-0.4, -0.2) is 47.7 Å². The molecular formula is C18H27N3O. The van der Waals surface area contributed by atoms with Crippen LogP contribution < -0.4 is 0 Å². The molecule has 1 atom stereocenters. The summed E-state index contributed by atoms with van der Waals surface area (Å²) in [7, 11) is 0. The Morgan fingerprint density at radius 1 is 1.32 bits per heavy atom. The summed E-state index contributed by atoms with van der Waals surface area (Å²) in [4.78, 5) is 12.0. The number of rotatable bonds is 2. The number of ether oxygens (including phenoxy) is 1. The first kappa shape index (κ1) is 14.6. The molecule has 0 aromatic carbocycles. The van der Waals surface area contributed by atoms with Gasteiger partial charge in [-0.25, -0.2) is 9.97 Å². The molecule has 2 saturated heterocycles. The predicted molar refractivity (Wildman–Crippen MR) is 86.0 cm³/mol. The Bertz CT molecular complexity index is 537. The SMILES string of the molecule is Cc1ncc2c(n1)C1(CCCN(CC3CCOCC3)C1)CC2. The fourth-order valence-electron chi connectivity index (χ4n) is 4.70. The molecule has 1 aromatic heterocycles. The summed E-state index contributed by atoms with van der Waals surface area (Å²) in [6.07, 6.45) is 9.60. The summed E-state index contributed by atoms with van der Waals surface area (Å²) in [5, 5.41) is 0. The molecule has 0 bridgehead atoms. The molecule has 4 heteroatoms. The molecule has 120 valence electrons. The van der Waals surface area contributed by atoms with Crippen LogP contribution in [0.3, 0.4) is 0 Å². The molecule has 0 amide bonds. The molecule has 1 aromatic rings. The lowest BCUT2D eigenvalue weighted by atomic mass is 9.77. The number of likely N-dealkylation sites (tertiary alicyclic amines) is 1. The van der Waals surface area contributed by atoms with Crippen LogP contribution in [0.15, 0.2) is 6.20 Å². The van der Waals surface area contributed by atoms with Crippen molar-refractivity contribution >= 4 is 0 Å². The van der Waals surface area contributed by atoms with E-state index >= 15 is 0 Å². The van der Waals surface area contributed by atoms with Gasteiger partial charge in [-0.15, -0.1) is 0 Å². The third-order valence-corrected chi connectivity index (χ3v) is 5.87. The molecular weight excluding hydrogens is 274 g/mol. The van der Waals surface area contributed by atoms with Crippen molar-refractivity contribution < 1.29 is 4.74 Å². The summed E-state index contributed by atoms with van der Waals surface area (Å²) >= 11 is 0. The van der Waals surface area contributed by atoms with E-state index in [0.717, 1.165) is 25.0 Å². The van der Waals surface area contributed by atoms with Gasteiger partial charge in [-0.05, 0) is 63.5 Å². The minimum atomic E-state index is 0.312. The molecule has 0 saturated carbocycles. The highest BCUT2D eigenvalue weighted by Crippen LogP contribution is 2.44. The van der Waals surface area contributed by atoms with Crippen molar-refractivity contribution in [3.63, 3.8) is 0 Å². The zero-order valence-electron chi connectivity index (χ0n) is 13.7. The Morgan fingerprint density at radius 3 is 3.05 bits per heavy atom. The van der Waals surface area contributed by atoms with E-state index < -0.39 is 0 Å². The van der Waals surface area contributed by atoms with Crippen molar-refractivity contribution in [1.82, 2.24) is 14.9 Å². The van der Waals surface area contributed by atoms with E-state index in [2.05, 4.69) is 16.1 Å². The number of hydrogen-bond donors (Lipinski definition) is 0. The van der Waals surface area contributed by atoms with E-state index in [1.54, 1.807) is 0 Å². The molecule has 2 fully saturated rings. The number of aryl methyl sites for hydroxylation is 2. The van der Waals surface area contributed by atoms with Crippen LogP contribution in [0.4, 0.5) is 0 Å². The van der Waals surface area contributed by atoms with Gasteiger partial charge in [0.2, 0.25) is 0 Å². The Kier molecular flexibility index (Phi) is 3.91. The minimum Gasteiger partial charge on any atom is -0.381 e. The van der Waals surface area contributed by atoms with E-state index in [9.17, 15) is 0 Å². The second-order valence-electron chi connectivity index (χ2n) is 7.47. The molecule has 1 aliphatic carbocycles. The first-order chi connectivity index (χ1) is 10.8. The average Bonchev–Trinajstić information content (AvgIpc) is 2.86. The van der Waals surface area contributed by atoms with Gasteiger partial charge < -0.3 is 9.64 Å². The van der Waals surface area contributed by atoms with Crippen LogP contribution >= 0.6 is 0 Å². The number of aromatic nitrogens is 2. The highest BCUT2D eigenvalue weighted by molar-refractivity contribution is 5.33. The lowest BCUT2D eigenvalue weighted by Gasteiger charge is -2.42. The number of piperidine rings is 1. The third kappa shape index (κ3) is 2.67. The maximum absolute atomic E-state index is 5.51. The predicted octanol–water partition coefficient (Wildman–Crippen LogP) is 2.49. The van der Waals surface area contributed by atoms with Crippen LogP contribution in [-0.2, 0) is 16.6 Å². The normalized spacial score (nSPS) is 29.9. The lowest BCUT2D eigenvalue weighted by molar-refractivity contribution is 0.0415. The monoisotopic (exact) mass is 301 g/mol.